The van der Waals surface area contributed by atoms with Crippen LogP contribution in [-0.4, -0.2) is 15.7 Å². The summed E-state index contributed by atoms with van der Waals surface area (Å²) < 4.78 is 1.70. The zero-order chi connectivity index (χ0) is 9.84. The molecule has 0 saturated heterocycles. The van der Waals surface area contributed by atoms with E-state index in [0.717, 1.165) is 0 Å². The molecule has 1 unspecified atom stereocenters. The maximum absolute atomic E-state index is 10.7. The van der Waals surface area contributed by atoms with Crippen molar-refractivity contribution in [3.8, 4) is 0 Å². The van der Waals surface area contributed by atoms with Gasteiger partial charge in [0.15, 0.2) is 0 Å². The predicted octanol–water partition coefficient (Wildman–Crippen LogP) is 0.399. The van der Waals surface area contributed by atoms with E-state index in [-0.39, 0.29) is 24.2 Å². The quantitative estimate of drug-likeness (QED) is 0.767. The van der Waals surface area contributed by atoms with Gasteiger partial charge in [0.2, 0.25) is 5.91 Å². The highest BCUT2D eigenvalue weighted by Crippen LogP contribution is 2.04. The van der Waals surface area contributed by atoms with Gasteiger partial charge in [-0.1, -0.05) is 6.92 Å². The number of carbonyl (C=O) groups excluding carboxylic acids is 1. The lowest BCUT2D eigenvalue weighted by molar-refractivity contribution is -0.121. The SMILES string of the molecule is CC(CCn1cc(N)cn1)C(N)=O.Cl. The van der Waals surface area contributed by atoms with Crippen molar-refractivity contribution in [2.24, 2.45) is 11.7 Å². The average Bonchev–Trinajstić information content (AvgIpc) is 2.47. The normalized spacial score (nSPS) is 11.8. The topological polar surface area (TPSA) is 86.9 Å². The molecule has 5 nitrogen and oxygen atoms in total. The Kier molecular flexibility index (Phi) is 5.01. The molecular formula is C8H15ClN4O. The number of carbonyl (C=O) groups is 1. The van der Waals surface area contributed by atoms with Crippen LogP contribution in [-0.2, 0) is 11.3 Å². The van der Waals surface area contributed by atoms with E-state index in [2.05, 4.69) is 5.10 Å². The molecule has 0 aliphatic rings. The van der Waals surface area contributed by atoms with E-state index < -0.39 is 0 Å². The Morgan fingerprint density at radius 3 is 2.79 bits per heavy atom. The number of aryl methyl sites for hydroxylation is 1. The Morgan fingerprint density at radius 2 is 2.36 bits per heavy atom. The molecule has 0 aliphatic heterocycles. The molecule has 0 fully saturated rings. The van der Waals surface area contributed by atoms with Crippen LogP contribution in [0.5, 0.6) is 0 Å². The van der Waals surface area contributed by atoms with Crippen LogP contribution < -0.4 is 11.5 Å². The van der Waals surface area contributed by atoms with Gasteiger partial charge in [0.05, 0.1) is 11.9 Å². The molecular weight excluding hydrogens is 204 g/mol. The van der Waals surface area contributed by atoms with E-state index in [1.807, 2.05) is 0 Å². The van der Waals surface area contributed by atoms with E-state index in [1.165, 1.54) is 0 Å². The summed E-state index contributed by atoms with van der Waals surface area (Å²) in [5.74, 6) is -0.398. The van der Waals surface area contributed by atoms with Crippen LogP contribution in [0, 0.1) is 5.92 Å². The molecule has 4 N–H and O–H groups in total. The molecule has 0 bridgehead atoms. The van der Waals surface area contributed by atoms with E-state index in [0.29, 0.717) is 18.7 Å². The smallest absolute Gasteiger partial charge is 0.220 e. The van der Waals surface area contributed by atoms with E-state index >= 15 is 0 Å². The van der Waals surface area contributed by atoms with Crippen LogP contribution >= 0.6 is 12.4 Å². The Bertz CT molecular complexity index is 299. The highest BCUT2D eigenvalue weighted by Gasteiger charge is 2.08. The van der Waals surface area contributed by atoms with Crippen molar-refractivity contribution >= 4 is 24.0 Å². The second kappa shape index (κ2) is 5.49. The number of halogens is 1. The van der Waals surface area contributed by atoms with Crippen molar-refractivity contribution in [2.45, 2.75) is 19.9 Å². The lowest BCUT2D eigenvalue weighted by Gasteiger charge is -2.06. The molecule has 1 atom stereocenters. The Morgan fingerprint density at radius 1 is 1.71 bits per heavy atom. The molecule has 1 amide bonds. The first-order valence-corrected chi connectivity index (χ1v) is 4.17. The number of hydrogen-bond donors (Lipinski definition) is 2. The van der Waals surface area contributed by atoms with Gasteiger partial charge >= 0.3 is 0 Å². The van der Waals surface area contributed by atoms with Gasteiger partial charge in [-0.25, -0.2) is 0 Å². The maximum atomic E-state index is 10.7. The van der Waals surface area contributed by atoms with Crippen molar-refractivity contribution in [3.63, 3.8) is 0 Å². The fraction of sp³-hybridized carbons (Fsp3) is 0.500. The van der Waals surface area contributed by atoms with Gasteiger partial charge in [0.1, 0.15) is 0 Å². The molecule has 0 aliphatic carbocycles. The van der Waals surface area contributed by atoms with E-state index in [4.69, 9.17) is 11.5 Å². The van der Waals surface area contributed by atoms with Gasteiger partial charge in [-0.3, -0.25) is 9.48 Å². The van der Waals surface area contributed by atoms with E-state index in [1.54, 1.807) is 24.0 Å². The van der Waals surface area contributed by atoms with Gasteiger partial charge in [0.25, 0.3) is 0 Å². The van der Waals surface area contributed by atoms with Gasteiger partial charge in [-0.2, -0.15) is 5.10 Å². The van der Waals surface area contributed by atoms with Crippen molar-refractivity contribution in [1.82, 2.24) is 9.78 Å². The average molecular weight is 219 g/mol. The number of nitrogens with two attached hydrogens (primary N) is 2. The van der Waals surface area contributed by atoms with Gasteiger partial charge < -0.3 is 11.5 Å². The third-order valence-corrected chi connectivity index (χ3v) is 1.93. The Hall–Kier alpha value is -1.23. The summed E-state index contributed by atoms with van der Waals surface area (Å²) in [6, 6.07) is 0. The van der Waals surface area contributed by atoms with Crippen LogP contribution in [0.3, 0.4) is 0 Å². The number of aromatic nitrogens is 2. The van der Waals surface area contributed by atoms with Crippen LogP contribution in [0.2, 0.25) is 0 Å². The summed E-state index contributed by atoms with van der Waals surface area (Å²) in [5, 5.41) is 3.99. The molecule has 0 saturated carbocycles. The first-order valence-electron chi connectivity index (χ1n) is 4.17. The largest absolute Gasteiger partial charge is 0.396 e. The number of rotatable bonds is 4. The zero-order valence-electron chi connectivity index (χ0n) is 8.01. The van der Waals surface area contributed by atoms with Crippen LogP contribution in [0.15, 0.2) is 12.4 Å². The highest BCUT2D eigenvalue weighted by atomic mass is 35.5. The lowest BCUT2D eigenvalue weighted by Crippen LogP contribution is -2.21. The summed E-state index contributed by atoms with van der Waals surface area (Å²) in [4.78, 5) is 10.7. The standard InChI is InChI=1S/C8H14N4O.ClH/c1-6(8(10)13)2-3-12-5-7(9)4-11-12;/h4-6H,2-3,9H2,1H3,(H2,10,13);1H. The summed E-state index contributed by atoms with van der Waals surface area (Å²) in [7, 11) is 0. The maximum Gasteiger partial charge on any atom is 0.220 e. The molecule has 0 aromatic carbocycles. The first-order chi connectivity index (χ1) is 6.09. The molecule has 80 valence electrons. The fourth-order valence-electron chi connectivity index (χ4n) is 0.970. The van der Waals surface area contributed by atoms with Gasteiger partial charge in [-0.05, 0) is 6.42 Å². The molecule has 1 rings (SSSR count). The molecule has 1 aromatic rings. The third-order valence-electron chi connectivity index (χ3n) is 1.93. The molecule has 0 spiro atoms. The summed E-state index contributed by atoms with van der Waals surface area (Å²) >= 11 is 0. The molecule has 1 heterocycles. The summed E-state index contributed by atoms with van der Waals surface area (Å²) in [6.07, 6.45) is 4.00. The molecule has 14 heavy (non-hydrogen) atoms. The number of hydrogen-bond acceptors (Lipinski definition) is 3. The van der Waals surface area contributed by atoms with E-state index in [9.17, 15) is 4.79 Å². The number of nitrogen functional groups attached to an aromatic ring is 1. The summed E-state index contributed by atoms with van der Waals surface area (Å²) in [5.41, 5.74) is 11.2. The monoisotopic (exact) mass is 218 g/mol. The van der Waals surface area contributed by atoms with Crippen molar-refractivity contribution in [3.05, 3.63) is 12.4 Å². The lowest BCUT2D eigenvalue weighted by atomic mass is 10.1. The van der Waals surface area contributed by atoms with Crippen LogP contribution in [0.4, 0.5) is 5.69 Å². The number of nitrogens with zero attached hydrogens (tertiary/aromatic N) is 2. The van der Waals surface area contributed by atoms with Gasteiger partial charge in [0, 0.05) is 18.7 Å². The van der Waals surface area contributed by atoms with Crippen molar-refractivity contribution < 1.29 is 4.79 Å². The minimum Gasteiger partial charge on any atom is -0.396 e. The summed E-state index contributed by atoms with van der Waals surface area (Å²) in [6.45, 7) is 2.47. The minimum absolute atomic E-state index is 0. The molecule has 1 aromatic heterocycles. The Labute approximate surface area is 88.9 Å². The zero-order valence-corrected chi connectivity index (χ0v) is 8.83. The third kappa shape index (κ3) is 3.66. The predicted molar refractivity (Wildman–Crippen MR) is 56.9 cm³/mol. The number of primary amides is 1. The number of anilines is 1. The molecule has 6 heteroatoms. The van der Waals surface area contributed by atoms with Crippen LogP contribution in [0.1, 0.15) is 13.3 Å². The Balaban J connectivity index is 0.00000169. The van der Waals surface area contributed by atoms with Crippen molar-refractivity contribution in [2.75, 3.05) is 5.73 Å². The van der Waals surface area contributed by atoms with Crippen molar-refractivity contribution in [1.29, 1.82) is 0 Å². The number of amides is 1. The molecule has 0 radical (unpaired) electrons. The second-order valence-electron chi connectivity index (χ2n) is 3.13. The minimum atomic E-state index is -0.278. The second-order valence-corrected chi connectivity index (χ2v) is 3.13. The first kappa shape index (κ1) is 12.8. The van der Waals surface area contributed by atoms with Gasteiger partial charge in [-0.15, -0.1) is 12.4 Å². The fourth-order valence-corrected chi connectivity index (χ4v) is 0.970. The van der Waals surface area contributed by atoms with Crippen LogP contribution in [0.25, 0.3) is 0 Å². The highest BCUT2D eigenvalue weighted by molar-refractivity contribution is 5.85.